The topological polar surface area (TPSA) is 24.1 Å². The smallest absolute Gasteiger partial charge is 0.0520 e. The highest BCUT2D eigenvalue weighted by atomic mass is 15.0. The Morgan fingerprint density at radius 3 is 1.97 bits per heavy atom. The molecular formula is C31H36N2. The molecule has 170 valence electrons. The minimum Gasteiger partial charge on any atom is -0.308 e. The van der Waals surface area contributed by atoms with Gasteiger partial charge in [0.05, 0.1) is 12.1 Å². The fraction of sp³-hybridized carbons (Fsp3) is 0.290. The molecule has 0 saturated heterocycles. The van der Waals surface area contributed by atoms with Gasteiger partial charge in [0.1, 0.15) is 0 Å². The van der Waals surface area contributed by atoms with Crippen molar-refractivity contribution in [1.82, 2.24) is 10.6 Å². The summed E-state index contributed by atoms with van der Waals surface area (Å²) in [7, 11) is 0. The van der Waals surface area contributed by atoms with Gasteiger partial charge >= 0.3 is 0 Å². The number of nitrogens with one attached hydrogen (secondary N) is 2. The molecule has 2 nitrogen and oxygen atoms in total. The fourth-order valence-corrected chi connectivity index (χ4v) is 4.54. The van der Waals surface area contributed by atoms with Crippen LogP contribution < -0.4 is 10.6 Å². The van der Waals surface area contributed by atoms with Crippen molar-refractivity contribution in [3.05, 3.63) is 131 Å². The number of hydrogen-bond donors (Lipinski definition) is 2. The molecule has 0 spiro atoms. The monoisotopic (exact) mass is 436 g/mol. The van der Waals surface area contributed by atoms with Crippen LogP contribution in [0.4, 0.5) is 0 Å². The Labute approximate surface area is 199 Å². The van der Waals surface area contributed by atoms with Crippen LogP contribution in [0.2, 0.25) is 0 Å². The van der Waals surface area contributed by atoms with Crippen LogP contribution in [0, 0.1) is 6.92 Å². The highest BCUT2D eigenvalue weighted by molar-refractivity contribution is 5.28. The number of benzene rings is 3. The summed E-state index contributed by atoms with van der Waals surface area (Å²) in [6.07, 6.45) is 11.5. The summed E-state index contributed by atoms with van der Waals surface area (Å²) in [5.74, 6) is 0. The van der Waals surface area contributed by atoms with Gasteiger partial charge in [-0.1, -0.05) is 114 Å². The Morgan fingerprint density at radius 2 is 1.36 bits per heavy atom. The van der Waals surface area contributed by atoms with Crippen molar-refractivity contribution in [2.24, 2.45) is 0 Å². The highest BCUT2D eigenvalue weighted by Gasteiger charge is 2.24. The molecule has 2 heteroatoms. The third-order valence-corrected chi connectivity index (χ3v) is 6.43. The number of aryl methyl sites for hydroxylation is 1. The largest absolute Gasteiger partial charge is 0.308 e. The van der Waals surface area contributed by atoms with Crippen LogP contribution in [0.15, 0.2) is 109 Å². The molecule has 0 bridgehead atoms. The van der Waals surface area contributed by atoms with Crippen LogP contribution in [-0.2, 0) is 6.54 Å². The molecule has 2 atom stereocenters. The summed E-state index contributed by atoms with van der Waals surface area (Å²) >= 11 is 0. The fourth-order valence-electron chi connectivity index (χ4n) is 4.54. The van der Waals surface area contributed by atoms with E-state index in [1.54, 1.807) is 5.57 Å². The molecule has 2 unspecified atom stereocenters. The summed E-state index contributed by atoms with van der Waals surface area (Å²) in [6.45, 7) is 3.97. The molecule has 0 fully saturated rings. The van der Waals surface area contributed by atoms with Crippen molar-refractivity contribution in [2.45, 2.75) is 51.2 Å². The molecule has 0 aromatic heterocycles. The van der Waals surface area contributed by atoms with E-state index in [4.69, 9.17) is 0 Å². The first-order valence-corrected chi connectivity index (χ1v) is 12.2. The van der Waals surface area contributed by atoms with Gasteiger partial charge in [-0.2, -0.15) is 0 Å². The standard InChI is InChI=1S/C31H36N2/c1-25-19-21-27(22-20-25)24-33-31(29-17-9-4-10-18-29)30(28-15-7-3-8-16-28)32-23-11-14-26-12-5-2-6-13-26/h2-5,7-10,13,15-22,30-33H,6,11-12,14,23-24H2,1H3. The summed E-state index contributed by atoms with van der Waals surface area (Å²) in [4.78, 5) is 0. The van der Waals surface area contributed by atoms with E-state index in [1.807, 2.05) is 0 Å². The Kier molecular flexibility index (Phi) is 8.69. The minimum absolute atomic E-state index is 0.173. The van der Waals surface area contributed by atoms with E-state index in [-0.39, 0.29) is 12.1 Å². The Morgan fingerprint density at radius 1 is 0.727 bits per heavy atom. The normalized spacial score (nSPS) is 15.1. The van der Waals surface area contributed by atoms with Gasteiger partial charge in [-0.25, -0.2) is 0 Å². The molecule has 1 aliphatic rings. The summed E-state index contributed by atoms with van der Waals surface area (Å²) in [5, 5.41) is 7.79. The second-order valence-corrected chi connectivity index (χ2v) is 8.97. The van der Waals surface area contributed by atoms with Gasteiger partial charge in [-0.15, -0.1) is 0 Å². The van der Waals surface area contributed by atoms with Gasteiger partial charge in [-0.3, -0.25) is 0 Å². The number of allylic oxidation sites excluding steroid dienone is 4. The third-order valence-electron chi connectivity index (χ3n) is 6.43. The zero-order valence-electron chi connectivity index (χ0n) is 19.7. The summed E-state index contributed by atoms with van der Waals surface area (Å²) in [5.41, 5.74) is 6.82. The molecule has 0 amide bonds. The van der Waals surface area contributed by atoms with E-state index < -0.39 is 0 Å². The number of rotatable bonds is 11. The molecule has 3 aromatic rings. The predicted octanol–water partition coefficient (Wildman–Crippen LogP) is 7.21. The first kappa shape index (κ1) is 23.2. The van der Waals surface area contributed by atoms with Crippen molar-refractivity contribution in [3.8, 4) is 0 Å². The van der Waals surface area contributed by atoms with Crippen LogP contribution in [-0.4, -0.2) is 6.54 Å². The second kappa shape index (κ2) is 12.3. The van der Waals surface area contributed by atoms with Crippen molar-refractivity contribution in [1.29, 1.82) is 0 Å². The van der Waals surface area contributed by atoms with Gasteiger partial charge in [0, 0.05) is 6.54 Å². The maximum atomic E-state index is 3.91. The molecule has 0 heterocycles. The molecule has 0 aliphatic heterocycles. The Bertz CT molecular complexity index is 1020. The Hall–Kier alpha value is -2.94. The van der Waals surface area contributed by atoms with Gasteiger partial charge in [-0.05, 0) is 55.8 Å². The third kappa shape index (κ3) is 7.02. The molecular weight excluding hydrogens is 400 g/mol. The van der Waals surface area contributed by atoms with E-state index in [1.165, 1.54) is 28.7 Å². The predicted molar refractivity (Wildman–Crippen MR) is 140 cm³/mol. The maximum Gasteiger partial charge on any atom is 0.0520 e. The number of hydrogen-bond acceptors (Lipinski definition) is 2. The molecule has 3 aromatic carbocycles. The first-order valence-electron chi connectivity index (χ1n) is 12.2. The molecule has 4 rings (SSSR count). The van der Waals surface area contributed by atoms with E-state index in [0.717, 1.165) is 32.4 Å². The summed E-state index contributed by atoms with van der Waals surface area (Å²) < 4.78 is 0. The molecule has 33 heavy (non-hydrogen) atoms. The quantitative estimate of drug-likeness (QED) is 0.245. The SMILES string of the molecule is Cc1ccc(CNC(c2ccccc2)C(NCCCC2=CCC=CC2)c2ccccc2)cc1. The van der Waals surface area contributed by atoms with Crippen molar-refractivity contribution in [3.63, 3.8) is 0 Å². The van der Waals surface area contributed by atoms with E-state index in [9.17, 15) is 0 Å². The molecule has 0 saturated carbocycles. The zero-order valence-corrected chi connectivity index (χ0v) is 19.7. The highest BCUT2D eigenvalue weighted by Crippen LogP contribution is 2.30. The lowest BCUT2D eigenvalue weighted by Gasteiger charge is -2.30. The lowest BCUT2D eigenvalue weighted by molar-refractivity contribution is 0.380. The minimum atomic E-state index is 0.173. The van der Waals surface area contributed by atoms with E-state index in [2.05, 4.69) is 121 Å². The molecule has 1 aliphatic carbocycles. The maximum absolute atomic E-state index is 3.91. The second-order valence-electron chi connectivity index (χ2n) is 8.97. The van der Waals surface area contributed by atoms with Crippen LogP contribution in [0.1, 0.15) is 60.0 Å². The van der Waals surface area contributed by atoms with Gasteiger partial charge in [0.25, 0.3) is 0 Å². The average Bonchev–Trinajstić information content (AvgIpc) is 2.88. The van der Waals surface area contributed by atoms with Crippen LogP contribution >= 0.6 is 0 Å². The zero-order chi connectivity index (χ0) is 22.7. The lowest BCUT2D eigenvalue weighted by Crippen LogP contribution is -2.35. The van der Waals surface area contributed by atoms with Crippen molar-refractivity contribution in [2.75, 3.05) is 6.54 Å². The first-order chi connectivity index (χ1) is 16.3. The van der Waals surface area contributed by atoms with Crippen LogP contribution in [0.3, 0.4) is 0 Å². The average molecular weight is 437 g/mol. The molecule has 2 N–H and O–H groups in total. The van der Waals surface area contributed by atoms with Crippen molar-refractivity contribution >= 4 is 0 Å². The van der Waals surface area contributed by atoms with Crippen molar-refractivity contribution < 1.29 is 0 Å². The summed E-state index contributed by atoms with van der Waals surface area (Å²) in [6, 6.07) is 30.9. The van der Waals surface area contributed by atoms with Crippen LogP contribution in [0.5, 0.6) is 0 Å². The lowest BCUT2D eigenvalue weighted by atomic mass is 9.92. The van der Waals surface area contributed by atoms with Gasteiger partial charge in [0.2, 0.25) is 0 Å². The van der Waals surface area contributed by atoms with E-state index >= 15 is 0 Å². The molecule has 0 radical (unpaired) electrons. The Balaban J connectivity index is 1.50. The van der Waals surface area contributed by atoms with E-state index in [0.29, 0.717) is 0 Å². The van der Waals surface area contributed by atoms with Gasteiger partial charge < -0.3 is 10.6 Å². The van der Waals surface area contributed by atoms with Gasteiger partial charge in [0.15, 0.2) is 0 Å². The van der Waals surface area contributed by atoms with Crippen LogP contribution in [0.25, 0.3) is 0 Å².